The lowest BCUT2D eigenvalue weighted by Gasteiger charge is -2.36. The zero-order valence-corrected chi connectivity index (χ0v) is 11.4. The third-order valence-electron chi connectivity index (χ3n) is 4.11. The Morgan fingerprint density at radius 3 is 2.21 bits per heavy atom. The van der Waals surface area contributed by atoms with Gasteiger partial charge in [-0.15, -0.1) is 0 Å². The smallest absolute Gasteiger partial charge is 0.182 e. The largest absolute Gasteiger partial charge is 0.292 e. The summed E-state index contributed by atoms with van der Waals surface area (Å²) in [5.41, 5.74) is -0.551. The molecule has 0 aromatic heterocycles. The van der Waals surface area contributed by atoms with Crippen molar-refractivity contribution in [1.29, 1.82) is 0 Å². The quantitative estimate of drug-likeness (QED) is 0.779. The van der Waals surface area contributed by atoms with Crippen molar-refractivity contribution in [3.8, 4) is 0 Å². The number of nitrogens with zero attached hydrogens (tertiary/aromatic N) is 1. The van der Waals surface area contributed by atoms with Gasteiger partial charge in [0.25, 0.3) is 0 Å². The molecule has 1 heterocycles. The van der Waals surface area contributed by atoms with Crippen LogP contribution in [0.25, 0.3) is 0 Å². The molecular formula is C15H19F2NO. The average molecular weight is 267 g/mol. The van der Waals surface area contributed by atoms with Crippen molar-refractivity contribution in [1.82, 2.24) is 4.90 Å². The van der Waals surface area contributed by atoms with E-state index in [2.05, 4.69) is 4.90 Å². The number of carbonyl (C=O) groups excluding carboxylic acids is 1. The van der Waals surface area contributed by atoms with Crippen LogP contribution >= 0.6 is 0 Å². The summed E-state index contributed by atoms with van der Waals surface area (Å²) in [6.07, 6.45) is 2.77. The van der Waals surface area contributed by atoms with Gasteiger partial charge in [-0.3, -0.25) is 9.69 Å². The Hall–Kier alpha value is -1.29. The van der Waals surface area contributed by atoms with Gasteiger partial charge in [0, 0.05) is 11.6 Å². The van der Waals surface area contributed by atoms with Crippen LogP contribution in [-0.4, -0.2) is 29.3 Å². The molecule has 1 aromatic rings. The highest BCUT2D eigenvalue weighted by Gasteiger charge is 2.39. The van der Waals surface area contributed by atoms with Gasteiger partial charge in [-0.2, -0.15) is 0 Å². The predicted molar refractivity (Wildman–Crippen MR) is 70.2 cm³/mol. The minimum atomic E-state index is -0.705. The fourth-order valence-corrected chi connectivity index (χ4v) is 2.73. The Labute approximate surface area is 112 Å². The van der Waals surface area contributed by atoms with E-state index in [0.717, 1.165) is 44.1 Å². The first-order chi connectivity index (χ1) is 8.97. The highest BCUT2D eigenvalue weighted by atomic mass is 19.1. The Bertz CT molecular complexity index is 463. The molecule has 2 rings (SSSR count). The Kier molecular flexibility index (Phi) is 3.99. The molecule has 1 atom stereocenters. The van der Waals surface area contributed by atoms with E-state index in [9.17, 15) is 13.6 Å². The molecule has 0 N–H and O–H groups in total. The Balaban J connectivity index is 2.34. The topological polar surface area (TPSA) is 20.3 Å². The SMILES string of the molecule is CCC(C)(C(=O)c1cc(F)cc(F)c1)N1CCCC1. The van der Waals surface area contributed by atoms with Crippen LogP contribution < -0.4 is 0 Å². The number of rotatable bonds is 4. The molecule has 1 aliphatic heterocycles. The third kappa shape index (κ3) is 2.68. The minimum Gasteiger partial charge on any atom is -0.292 e. The lowest BCUT2D eigenvalue weighted by molar-refractivity contribution is 0.0646. The average Bonchev–Trinajstić information content (AvgIpc) is 2.90. The van der Waals surface area contributed by atoms with Crippen molar-refractivity contribution < 1.29 is 13.6 Å². The maximum absolute atomic E-state index is 13.3. The molecule has 4 heteroatoms. The van der Waals surface area contributed by atoms with Crippen LogP contribution in [0.15, 0.2) is 18.2 Å². The van der Waals surface area contributed by atoms with Gasteiger partial charge in [0.15, 0.2) is 5.78 Å². The number of hydrogen-bond acceptors (Lipinski definition) is 2. The number of ketones is 1. The van der Waals surface area contributed by atoms with Gasteiger partial charge in [-0.1, -0.05) is 6.92 Å². The second-order valence-corrected chi connectivity index (χ2v) is 5.31. The summed E-state index contributed by atoms with van der Waals surface area (Å²) in [6.45, 7) is 5.54. The molecule has 0 bridgehead atoms. The molecule has 104 valence electrons. The molecule has 1 saturated heterocycles. The number of Topliss-reactive ketones (excluding diaryl/α,β-unsaturated/α-hetero) is 1. The van der Waals surface area contributed by atoms with E-state index in [1.165, 1.54) is 0 Å². The van der Waals surface area contributed by atoms with Crippen molar-refractivity contribution >= 4 is 5.78 Å². The minimum absolute atomic E-state index is 0.119. The first kappa shape index (κ1) is 14.1. The van der Waals surface area contributed by atoms with Crippen LogP contribution in [0, 0.1) is 11.6 Å². The molecule has 1 aliphatic rings. The molecule has 2 nitrogen and oxygen atoms in total. The number of hydrogen-bond donors (Lipinski definition) is 0. The normalized spacial score (nSPS) is 19.4. The zero-order chi connectivity index (χ0) is 14.0. The first-order valence-electron chi connectivity index (χ1n) is 6.73. The molecule has 0 spiro atoms. The van der Waals surface area contributed by atoms with Crippen molar-refractivity contribution in [2.45, 2.75) is 38.6 Å². The van der Waals surface area contributed by atoms with Crippen molar-refractivity contribution in [2.75, 3.05) is 13.1 Å². The van der Waals surface area contributed by atoms with Crippen LogP contribution in [-0.2, 0) is 0 Å². The molecule has 1 unspecified atom stereocenters. The molecule has 0 saturated carbocycles. The van der Waals surface area contributed by atoms with E-state index < -0.39 is 17.2 Å². The van der Waals surface area contributed by atoms with E-state index >= 15 is 0 Å². The van der Waals surface area contributed by atoms with Gasteiger partial charge in [0.2, 0.25) is 0 Å². The second-order valence-electron chi connectivity index (χ2n) is 5.31. The van der Waals surface area contributed by atoms with Crippen LogP contribution in [0.2, 0.25) is 0 Å². The van der Waals surface area contributed by atoms with Crippen LogP contribution in [0.5, 0.6) is 0 Å². The molecular weight excluding hydrogens is 248 g/mol. The maximum atomic E-state index is 13.3. The van der Waals surface area contributed by atoms with Gasteiger partial charge >= 0.3 is 0 Å². The Morgan fingerprint density at radius 2 is 1.74 bits per heavy atom. The van der Waals surface area contributed by atoms with E-state index in [1.54, 1.807) is 0 Å². The lowest BCUT2D eigenvalue weighted by Crippen LogP contribution is -2.50. The highest BCUT2D eigenvalue weighted by molar-refractivity contribution is 6.03. The molecule has 0 amide bonds. The lowest BCUT2D eigenvalue weighted by atomic mass is 9.87. The summed E-state index contributed by atoms with van der Waals surface area (Å²) in [4.78, 5) is 14.7. The summed E-state index contributed by atoms with van der Waals surface area (Å²) in [5.74, 6) is -1.61. The van der Waals surface area contributed by atoms with E-state index in [-0.39, 0.29) is 11.3 Å². The Morgan fingerprint density at radius 1 is 1.21 bits per heavy atom. The number of benzene rings is 1. The molecule has 1 fully saturated rings. The monoisotopic (exact) mass is 267 g/mol. The van der Waals surface area contributed by atoms with E-state index in [4.69, 9.17) is 0 Å². The highest BCUT2D eigenvalue weighted by Crippen LogP contribution is 2.28. The van der Waals surface area contributed by atoms with Crippen molar-refractivity contribution in [3.63, 3.8) is 0 Å². The summed E-state index contributed by atoms with van der Waals surface area (Å²) in [5, 5.41) is 0. The standard InChI is InChI=1S/C15H19F2NO/c1-3-15(2,18-6-4-5-7-18)14(19)11-8-12(16)10-13(17)9-11/h8-10H,3-7H2,1-2H3. The summed E-state index contributed by atoms with van der Waals surface area (Å²) in [7, 11) is 0. The van der Waals surface area contributed by atoms with Crippen molar-refractivity contribution in [3.05, 3.63) is 35.4 Å². The molecule has 1 aromatic carbocycles. The molecule has 0 radical (unpaired) electrons. The predicted octanol–water partition coefficient (Wildman–Crippen LogP) is 3.41. The van der Waals surface area contributed by atoms with Gasteiger partial charge in [0.1, 0.15) is 11.6 Å². The third-order valence-corrected chi connectivity index (χ3v) is 4.11. The number of halogens is 2. The fourth-order valence-electron chi connectivity index (χ4n) is 2.73. The first-order valence-corrected chi connectivity index (χ1v) is 6.73. The fraction of sp³-hybridized carbons (Fsp3) is 0.533. The van der Waals surface area contributed by atoms with E-state index in [0.29, 0.717) is 6.42 Å². The van der Waals surface area contributed by atoms with Gasteiger partial charge in [-0.05, 0) is 51.4 Å². The van der Waals surface area contributed by atoms with Gasteiger partial charge < -0.3 is 0 Å². The summed E-state index contributed by atoms with van der Waals surface area (Å²) >= 11 is 0. The van der Waals surface area contributed by atoms with Crippen LogP contribution in [0.1, 0.15) is 43.5 Å². The molecule has 19 heavy (non-hydrogen) atoms. The van der Waals surface area contributed by atoms with Crippen LogP contribution in [0.4, 0.5) is 8.78 Å². The second kappa shape index (κ2) is 5.37. The summed E-state index contributed by atoms with van der Waals surface area (Å²) in [6, 6.07) is 3.03. The summed E-state index contributed by atoms with van der Waals surface area (Å²) < 4.78 is 26.5. The van der Waals surface area contributed by atoms with Gasteiger partial charge in [0.05, 0.1) is 5.54 Å². The maximum Gasteiger partial charge on any atom is 0.182 e. The number of likely N-dealkylation sites (tertiary alicyclic amines) is 1. The van der Waals surface area contributed by atoms with Crippen molar-refractivity contribution in [2.24, 2.45) is 0 Å². The zero-order valence-electron chi connectivity index (χ0n) is 11.4. The van der Waals surface area contributed by atoms with E-state index in [1.807, 2.05) is 13.8 Å². The molecule has 0 aliphatic carbocycles. The van der Waals surface area contributed by atoms with Crippen LogP contribution in [0.3, 0.4) is 0 Å². The van der Waals surface area contributed by atoms with Gasteiger partial charge in [-0.25, -0.2) is 8.78 Å². The number of carbonyl (C=O) groups is 1.